The standard InChI is InChI=1S/C22H21N/c1-16(13-17-7-3-2-4-8-17)18-11-12-20-14-19-9-5-6-10-21(19)23-22(20)15-18/h2-12,14,16,18H,13,15H2,1H3/t16-,18?/m1/s1. The fourth-order valence-electron chi connectivity index (χ4n) is 3.53. The molecule has 0 radical (unpaired) electrons. The van der Waals surface area contributed by atoms with E-state index in [4.69, 9.17) is 4.98 Å². The Bertz CT molecular complexity index is 848. The molecule has 0 bridgehead atoms. The first-order valence-corrected chi connectivity index (χ1v) is 8.40. The minimum Gasteiger partial charge on any atom is -0.252 e. The van der Waals surface area contributed by atoms with E-state index in [-0.39, 0.29) is 0 Å². The quantitative estimate of drug-likeness (QED) is 0.639. The molecule has 0 aliphatic heterocycles. The topological polar surface area (TPSA) is 12.9 Å². The Morgan fingerprint density at radius 3 is 2.70 bits per heavy atom. The van der Waals surface area contributed by atoms with Crippen LogP contribution in [0.1, 0.15) is 23.7 Å². The summed E-state index contributed by atoms with van der Waals surface area (Å²) in [4.78, 5) is 4.90. The lowest BCUT2D eigenvalue weighted by Gasteiger charge is -2.25. The normalized spacial score (nSPS) is 17.9. The van der Waals surface area contributed by atoms with Gasteiger partial charge >= 0.3 is 0 Å². The number of pyridine rings is 1. The van der Waals surface area contributed by atoms with Crippen LogP contribution in [0.3, 0.4) is 0 Å². The van der Waals surface area contributed by atoms with E-state index in [9.17, 15) is 0 Å². The molecule has 0 N–H and O–H groups in total. The van der Waals surface area contributed by atoms with E-state index in [1.54, 1.807) is 0 Å². The van der Waals surface area contributed by atoms with Crippen molar-refractivity contribution in [1.29, 1.82) is 0 Å². The molecular weight excluding hydrogens is 278 g/mol. The van der Waals surface area contributed by atoms with Crippen LogP contribution in [0.25, 0.3) is 17.0 Å². The molecule has 1 aliphatic carbocycles. The number of aromatic nitrogens is 1. The number of hydrogen-bond acceptors (Lipinski definition) is 1. The van der Waals surface area contributed by atoms with E-state index in [0.717, 1.165) is 18.4 Å². The molecule has 1 heteroatoms. The number of benzene rings is 2. The van der Waals surface area contributed by atoms with Crippen molar-refractivity contribution < 1.29 is 0 Å². The molecule has 114 valence electrons. The van der Waals surface area contributed by atoms with Crippen LogP contribution >= 0.6 is 0 Å². The third-order valence-corrected chi connectivity index (χ3v) is 4.92. The van der Waals surface area contributed by atoms with Crippen LogP contribution in [-0.4, -0.2) is 4.98 Å². The molecule has 0 saturated carbocycles. The molecule has 2 aromatic carbocycles. The van der Waals surface area contributed by atoms with Crippen molar-refractivity contribution in [1.82, 2.24) is 4.98 Å². The molecule has 4 rings (SSSR count). The number of allylic oxidation sites excluding steroid dienone is 1. The van der Waals surface area contributed by atoms with Crippen molar-refractivity contribution in [2.24, 2.45) is 11.8 Å². The van der Waals surface area contributed by atoms with Gasteiger partial charge in [0.05, 0.1) is 5.52 Å². The first kappa shape index (κ1) is 14.2. The van der Waals surface area contributed by atoms with Gasteiger partial charge in [-0.1, -0.05) is 67.6 Å². The van der Waals surface area contributed by atoms with Crippen LogP contribution in [0.15, 0.2) is 66.7 Å². The zero-order valence-electron chi connectivity index (χ0n) is 13.4. The fraction of sp³-hybridized carbons (Fsp3) is 0.227. The summed E-state index contributed by atoms with van der Waals surface area (Å²) in [5.74, 6) is 1.19. The number of nitrogens with zero attached hydrogens (tertiary/aromatic N) is 1. The summed E-state index contributed by atoms with van der Waals surface area (Å²) < 4.78 is 0. The van der Waals surface area contributed by atoms with E-state index in [0.29, 0.717) is 11.8 Å². The molecule has 0 amide bonds. The molecule has 3 aromatic rings. The Morgan fingerprint density at radius 1 is 1.04 bits per heavy atom. The van der Waals surface area contributed by atoms with Gasteiger partial charge in [-0.3, -0.25) is 4.98 Å². The lowest BCUT2D eigenvalue weighted by molar-refractivity contribution is 0.419. The van der Waals surface area contributed by atoms with E-state index >= 15 is 0 Å². The fourth-order valence-corrected chi connectivity index (χ4v) is 3.53. The molecule has 1 nitrogen and oxygen atoms in total. The van der Waals surface area contributed by atoms with Crippen molar-refractivity contribution >= 4 is 17.0 Å². The molecule has 1 unspecified atom stereocenters. The van der Waals surface area contributed by atoms with Gasteiger partial charge < -0.3 is 0 Å². The minimum atomic E-state index is 0.566. The van der Waals surface area contributed by atoms with Crippen LogP contribution in [0.5, 0.6) is 0 Å². The third kappa shape index (κ3) is 2.92. The van der Waals surface area contributed by atoms with Crippen molar-refractivity contribution in [2.75, 3.05) is 0 Å². The molecule has 1 heterocycles. The molecule has 0 saturated heterocycles. The Kier molecular flexibility index (Phi) is 3.70. The second kappa shape index (κ2) is 6.00. The highest BCUT2D eigenvalue weighted by Gasteiger charge is 2.21. The average Bonchev–Trinajstić information content (AvgIpc) is 2.60. The zero-order valence-corrected chi connectivity index (χ0v) is 13.4. The van der Waals surface area contributed by atoms with Crippen LogP contribution in [0, 0.1) is 11.8 Å². The van der Waals surface area contributed by atoms with E-state index in [1.807, 2.05) is 0 Å². The highest BCUT2D eigenvalue weighted by Crippen LogP contribution is 2.30. The summed E-state index contributed by atoms with van der Waals surface area (Å²) in [6, 6.07) is 21.4. The summed E-state index contributed by atoms with van der Waals surface area (Å²) in [7, 11) is 0. The number of para-hydroxylation sites is 1. The number of rotatable bonds is 3. The second-order valence-electron chi connectivity index (χ2n) is 6.61. The van der Waals surface area contributed by atoms with Gasteiger partial charge in [-0.15, -0.1) is 0 Å². The molecular formula is C22H21N. The molecule has 0 spiro atoms. The summed E-state index contributed by atoms with van der Waals surface area (Å²) in [6.45, 7) is 2.36. The van der Waals surface area contributed by atoms with Crippen molar-refractivity contribution in [3.8, 4) is 0 Å². The number of hydrogen-bond donors (Lipinski definition) is 0. The predicted octanol–water partition coefficient (Wildman–Crippen LogP) is 5.30. The first-order chi connectivity index (χ1) is 11.3. The highest BCUT2D eigenvalue weighted by atomic mass is 14.7. The third-order valence-electron chi connectivity index (χ3n) is 4.92. The molecule has 1 aromatic heterocycles. The van der Waals surface area contributed by atoms with Crippen molar-refractivity contribution in [2.45, 2.75) is 19.8 Å². The average molecular weight is 299 g/mol. The summed E-state index contributed by atoms with van der Waals surface area (Å²) in [5.41, 5.74) is 5.06. The van der Waals surface area contributed by atoms with Gasteiger partial charge in [-0.2, -0.15) is 0 Å². The van der Waals surface area contributed by atoms with Crippen LogP contribution in [0.2, 0.25) is 0 Å². The Balaban J connectivity index is 1.58. The highest BCUT2D eigenvalue weighted by molar-refractivity contribution is 5.81. The smallest absolute Gasteiger partial charge is 0.0705 e. The molecule has 1 aliphatic rings. The largest absolute Gasteiger partial charge is 0.252 e. The van der Waals surface area contributed by atoms with Crippen molar-refractivity contribution in [3.05, 3.63) is 83.6 Å². The van der Waals surface area contributed by atoms with Crippen LogP contribution in [0.4, 0.5) is 0 Å². The summed E-state index contributed by atoms with van der Waals surface area (Å²) in [6.07, 6.45) is 6.82. The maximum absolute atomic E-state index is 4.90. The van der Waals surface area contributed by atoms with E-state index in [2.05, 4.69) is 79.7 Å². The minimum absolute atomic E-state index is 0.566. The van der Waals surface area contributed by atoms with E-state index in [1.165, 1.54) is 22.2 Å². The molecule has 2 atom stereocenters. The maximum atomic E-state index is 4.90. The Morgan fingerprint density at radius 2 is 1.83 bits per heavy atom. The first-order valence-electron chi connectivity index (χ1n) is 8.40. The van der Waals surface area contributed by atoms with Crippen LogP contribution in [-0.2, 0) is 12.8 Å². The molecule has 0 fully saturated rings. The van der Waals surface area contributed by atoms with Gasteiger partial charge in [0.1, 0.15) is 0 Å². The van der Waals surface area contributed by atoms with Gasteiger partial charge in [-0.05, 0) is 47.9 Å². The summed E-state index contributed by atoms with van der Waals surface area (Å²) in [5, 5.41) is 1.23. The predicted molar refractivity (Wildman–Crippen MR) is 97.3 cm³/mol. The number of fused-ring (bicyclic) bond motifs is 2. The zero-order chi connectivity index (χ0) is 15.6. The maximum Gasteiger partial charge on any atom is 0.0705 e. The van der Waals surface area contributed by atoms with E-state index < -0.39 is 0 Å². The van der Waals surface area contributed by atoms with Gasteiger partial charge in [0, 0.05) is 11.1 Å². The SMILES string of the molecule is C[C@H](Cc1ccccc1)C1C=Cc2cc3ccccc3nc2C1. The Labute approximate surface area is 137 Å². The van der Waals surface area contributed by atoms with Gasteiger partial charge in [0.15, 0.2) is 0 Å². The summed E-state index contributed by atoms with van der Waals surface area (Å²) >= 11 is 0. The Hall–Kier alpha value is -2.41. The van der Waals surface area contributed by atoms with Gasteiger partial charge in [0.25, 0.3) is 0 Å². The molecule has 23 heavy (non-hydrogen) atoms. The monoisotopic (exact) mass is 299 g/mol. The van der Waals surface area contributed by atoms with Gasteiger partial charge in [0.2, 0.25) is 0 Å². The van der Waals surface area contributed by atoms with Crippen LogP contribution < -0.4 is 0 Å². The second-order valence-corrected chi connectivity index (χ2v) is 6.61. The van der Waals surface area contributed by atoms with Gasteiger partial charge in [-0.25, -0.2) is 0 Å². The lowest BCUT2D eigenvalue weighted by Crippen LogP contribution is -2.18. The lowest BCUT2D eigenvalue weighted by atomic mass is 9.81. The van der Waals surface area contributed by atoms with Crippen molar-refractivity contribution in [3.63, 3.8) is 0 Å².